The van der Waals surface area contributed by atoms with Gasteiger partial charge in [-0.05, 0) is 74.2 Å². The number of carbonyl (C=O) groups is 2. The Labute approximate surface area is 171 Å². The minimum atomic E-state index is -0.628. The van der Waals surface area contributed by atoms with Crippen LogP contribution in [0.4, 0.5) is 5.69 Å². The SMILES string of the molecule is Cc1cc(C)cc(N(CCC#N)C(=O)COC(=O)COc2ccc(C)c(C)c2)c1. The summed E-state index contributed by atoms with van der Waals surface area (Å²) in [6, 6.07) is 13.3. The third-order valence-electron chi connectivity index (χ3n) is 4.46. The van der Waals surface area contributed by atoms with Gasteiger partial charge in [0.05, 0.1) is 12.5 Å². The van der Waals surface area contributed by atoms with Gasteiger partial charge >= 0.3 is 5.97 Å². The van der Waals surface area contributed by atoms with Crippen molar-refractivity contribution < 1.29 is 19.1 Å². The minimum Gasteiger partial charge on any atom is -0.482 e. The van der Waals surface area contributed by atoms with Crippen molar-refractivity contribution in [1.29, 1.82) is 5.26 Å². The largest absolute Gasteiger partial charge is 0.482 e. The molecule has 0 bridgehead atoms. The van der Waals surface area contributed by atoms with E-state index >= 15 is 0 Å². The maximum absolute atomic E-state index is 12.6. The van der Waals surface area contributed by atoms with E-state index in [0.717, 1.165) is 22.3 Å². The molecule has 0 heterocycles. The molecule has 0 aromatic heterocycles. The Morgan fingerprint density at radius 2 is 1.66 bits per heavy atom. The molecule has 29 heavy (non-hydrogen) atoms. The lowest BCUT2D eigenvalue weighted by atomic mass is 10.1. The molecule has 0 atom stereocenters. The molecule has 2 aromatic carbocycles. The smallest absolute Gasteiger partial charge is 0.344 e. The highest BCUT2D eigenvalue weighted by atomic mass is 16.6. The van der Waals surface area contributed by atoms with Gasteiger partial charge in [-0.1, -0.05) is 12.1 Å². The molecule has 6 heteroatoms. The third kappa shape index (κ3) is 6.65. The fraction of sp³-hybridized carbons (Fsp3) is 0.348. The van der Waals surface area contributed by atoms with Gasteiger partial charge in [0.2, 0.25) is 0 Å². The number of amides is 1. The van der Waals surface area contributed by atoms with Crippen LogP contribution in [-0.4, -0.2) is 31.6 Å². The minimum absolute atomic E-state index is 0.183. The van der Waals surface area contributed by atoms with Crippen LogP contribution in [0.5, 0.6) is 5.75 Å². The summed E-state index contributed by atoms with van der Waals surface area (Å²) in [6.45, 7) is 7.37. The first-order valence-corrected chi connectivity index (χ1v) is 9.41. The Morgan fingerprint density at radius 3 is 2.28 bits per heavy atom. The van der Waals surface area contributed by atoms with Crippen molar-refractivity contribution in [3.63, 3.8) is 0 Å². The monoisotopic (exact) mass is 394 g/mol. The lowest BCUT2D eigenvalue weighted by molar-refractivity contribution is -0.149. The predicted octanol–water partition coefficient (Wildman–Crippen LogP) is 3.79. The summed E-state index contributed by atoms with van der Waals surface area (Å²) in [5, 5.41) is 8.90. The van der Waals surface area contributed by atoms with E-state index in [1.165, 1.54) is 4.90 Å². The number of rotatable bonds is 8. The molecule has 0 fully saturated rings. The molecule has 2 aromatic rings. The molecule has 0 saturated heterocycles. The molecule has 1 amide bonds. The number of hydrogen-bond acceptors (Lipinski definition) is 5. The van der Waals surface area contributed by atoms with Gasteiger partial charge in [-0.25, -0.2) is 4.79 Å². The number of esters is 1. The Kier molecular flexibility index (Phi) is 7.79. The fourth-order valence-corrected chi connectivity index (χ4v) is 2.87. The average molecular weight is 394 g/mol. The average Bonchev–Trinajstić information content (AvgIpc) is 2.67. The Bertz CT molecular complexity index is 911. The first-order chi connectivity index (χ1) is 13.8. The van der Waals surface area contributed by atoms with Crippen molar-refractivity contribution in [3.8, 4) is 11.8 Å². The topological polar surface area (TPSA) is 79.6 Å². The molecule has 152 valence electrons. The summed E-state index contributed by atoms with van der Waals surface area (Å²) in [6.07, 6.45) is 0.183. The van der Waals surface area contributed by atoms with E-state index in [-0.39, 0.29) is 25.5 Å². The first kappa shape index (κ1) is 22.0. The zero-order chi connectivity index (χ0) is 21.4. The van der Waals surface area contributed by atoms with Gasteiger partial charge in [-0.15, -0.1) is 0 Å². The van der Waals surface area contributed by atoms with Crippen LogP contribution < -0.4 is 9.64 Å². The molecule has 2 rings (SSSR count). The molecule has 0 aliphatic rings. The Morgan fingerprint density at radius 1 is 0.966 bits per heavy atom. The van der Waals surface area contributed by atoms with Crippen molar-refractivity contribution in [3.05, 3.63) is 58.7 Å². The standard InChI is InChI=1S/C23H26N2O4/c1-16-10-17(2)12-20(11-16)25(9-5-8-24)22(26)14-29-23(27)15-28-21-7-6-18(3)19(4)13-21/h6-7,10-13H,5,9,14-15H2,1-4H3. The lowest BCUT2D eigenvalue weighted by Gasteiger charge is -2.22. The number of benzene rings is 2. The van der Waals surface area contributed by atoms with Crippen LogP contribution in [0.2, 0.25) is 0 Å². The van der Waals surface area contributed by atoms with Gasteiger partial charge in [0.25, 0.3) is 5.91 Å². The number of anilines is 1. The number of aryl methyl sites for hydroxylation is 4. The molecule has 0 aliphatic carbocycles. The number of carbonyl (C=O) groups excluding carboxylic acids is 2. The van der Waals surface area contributed by atoms with Crippen LogP contribution in [0, 0.1) is 39.0 Å². The summed E-state index contributed by atoms with van der Waals surface area (Å²) in [7, 11) is 0. The van der Waals surface area contributed by atoms with Gasteiger partial charge in [-0.2, -0.15) is 5.26 Å². The summed E-state index contributed by atoms with van der Waals surface area (Å²) >= 11 is 0. The number of hydrogen-bond donors (Lipinski definition) is 0. The maximum Gasteiger partial charge on any atom is 0.344 e. The second-order valence-electron chi connectivity index (χ2n) is 6.99. The molecular weight excluding hydrogens is 368 g/mol. The molecule has 0 aliphatic heterocycles. The number of nitrogens with zero attached hydrogens (tertiary/aromatic N) is 2. The van der Waals surface area contributed by atoms with Crippen molar-refractivity contribution in [2.45, 2.75) is 34.1 Å². The van der Waals surface area contributed by atoms with Gasteiger partial charge in [0, 0.05) is 12.2 Å². The Hall–Kier alpha value is -3.33. The van der Waals surface area contributed by atoms with Gasteiger partial charge < -0.3 is 14.4 Å². The van der Waals surface area contributed by atoms with Crippen molar-refractivity contribution >= 4 is 17.6 Å². The van der Waals surface area contributed by atoms with Gasteiger partial charge in [0.15, 0.2) is 13.2 Å². The van der Waals surface area contributed by atoms with E-state index in [2.05, 4.69) is 0 Å². The molecule has 0 radical (unpaired) electrons. The molecule has 0 N–H and O–H groups in total. The van der Waals surface area contributed by atoms with E-state index in [9.17, 15) is 9.59 Å². The fourth-order valence-electron chi connectivity index (χ4n) is 2.87. The van der Waals surface area contributed by atoms with Crippen molar-refractivity contribution in [2.24, 2.45) is 0 Å². The third-order valence-corrected chi connectivity index (χ3v) is 4.46. The van der Waals surface area contributed by atoms with Gasteiger partial charge in [0.1, 0.15) is 5.75 Å². The zero-order valence-corrected chi connectivity index (χ0v) is 17.3. The van der Waals surface area contributed by atoms with Crippen LogP contribution in [0.25, 0.3) is 0 Å². The highest BCUT2D eigenvalue weighted by Gasteiger charge is 2.18. The van der Waals surface area contributed by atoms with Crippen LogP contribution >= 0.6 is 0 Å². The van der Waals surface area contributed by atoms with E-state index in [4.69, 9.17) is 14.7 Å². The quantitative estimate of drug-likeness (QED) is 0.637. The molecule has 0 unspecified atom stereocenters. The van der Waals surface area contributed by atoms with Gasteiger partial charge in [-0.3, -0.25) is 4.79 Å². The van der Waals surface area contributed by atoms with Crippen LogP contribution in [-0.2, 0) is 14.3 Å². The van der Waals surface area contributed by atoms with Crippen molar-refractivity contribution in [2.75, 3.05) is 24.7 Å². The maximum atomic E-state index is 12.6. The van der Waals surface area contributed by atoms with E-state index < -0.39 is 12.6 Å². The summed E-state index contributed by atoms with van der Waals surface area (Å²) in [5.41, 5.74) is 4.90. The van der Waals surface area contributed by atoms with Crippen LogP contribution in [0.15, 0.2) is 36.4 Å². The second-order valence-corrected chi connectivity index (χ2v) is 6.99. The van der Waals surface area contributed by atoms with E-state index in [1.807, 2.05) is 64.1 Å². The van der Waals surface area contributed by atoms with Crippen LogP contribution in [0.3, 0.4) is 0 Å². The lowest BCUT2D eigenvalue weighted by Crippen LogP contribution is -2.36. The first-order valence-electron chi connectivity index (χ1n) is 9.41. The van der Waals surface area contributed by atoms with Crippen molar-refractivity contribution in [1.82, 2.24) is 0 Å². The zero-order valence-electron chi connectivity index (χ0n) is 17.3. The normalized spacial score (nSPS) is 10.2. The van der Waals surface area contributed by atoms with Crippen LogP contribution in [0.1, 0.15) is 28.7 Å². The summed E-state index contributed by atoms with van der Waals surface area (Å²) in [5.74, 6) is -0.440. The number of nitriles is 1. The predicted molar refractivity (Wildman–Crippen MR) is 111 cm³/mol. The second kappa shape index (κ2) is 10.3. The molecule has 6 nitrogen and oxygen atoms in total. The number of ether oxygens (including phenoxy) is 2. The van der Waals surface area contributed by atoms with E-state index in [1.54, 1.807) is 6.07 Å². The molecular formula is C23H26N2O4. The molecule has 0 saturated carbocycles. The highest BCUT2D eigenvalue weighted by molar-refractivity contribution is 5.95. The molecule has 0 spiro atoms. The van der Waals surface area contributed by atoms with E-state index in [0.29, 0.717) is 11.4 Å². The highest BCUT2D eigenvalue weighted by Crippen LogP contribution is 2.20. The Balaban J connectivity index is 1.95. The summed E-state index contributed by atoms with van der Waals surface area (Å²) < 4.78 is 10.5. The summed E-state index contributed by atoms with van der Waals surface area (Å²) in [4.78, 5) is 26.1.